The third-order valence-corrected chi connectivity index (χ3v) is 3.33. The van der Waals surface area contributed by atoms with E-state index in [9.17, 15) is 0 Å². The average Bonchev–Trinajstić information content (AvgIpc) is 2.87. The number of hydrogen-bond donors (Lipinski definition) is 1. The monoisotopic (exact) mass is 246 g/mol. The molecule has 0 spiro atoms. The molecule has 0 aliphatic rings. The predicted octanol–water partition coefficient (Wildman–Crippen LogP) is 1.39. The standard InChI is InChI=1S/C10H10N6S/c1-2-8-13-14-10-16(8)15-9(17-10)6-3-7(11)5-12-4-6/h3-5H,2,11H2,1H3. The van der Waals surface area contributed by atoms with Gasteiger partial charge in [-0.2, -0.15) is 9.61 Å². The minimum atomic E-state index is 0.629. The first-order chi connectivity index (χ1) is 8.28. The van der Waals surface area contributed by atoms with Crippen molar-refractivity contribution in [3.05, 3.63) is 24.3 Å². The van der Waals surface area contributed by atoms with Gasteiger partial charge < -0.3 is 5.73 Å². The van der Waals surface area contributed by atoms with Gasteiger partial charge in [0.25, 0.3) is 0 Å². The first kappa shape index (κ1) is 10.2. The second-order valence-electron chi connectivity index (χ2n) is 3.58. The molecule has 3 aromatic heterocycles. The number of fused-ring (bicyclic) bond motifs is 1. The minimum absolute atomic E-state index is 0.629. The lowest BCUT2D eigenvalue weighted by Gasteiger charge is -1.95. The molecule has 0 unspecified atom stereocenters. The fraction of sp³-hybridized carbons (Fsp3) is 0.200. The van der Waals surface area contributed by atoms with Crippen LogP contribution in [0.2, 0.25) is 0 Å². The zero-order valence-corrected chi connectivity index (χ0v) is 9.98. The summed E-state index contributed by atoms with van der Waals surface area (Å²) >= 11 is 1.48. The van der Waals surface area contributed by atoms with Crippen molar-refractivity contribution in [2.45, 2.75) is 13.3 Å². The van der Waals surface area contributed by atoms with Crippen LogP contribution in [0.5, 0.6) is 0 Å². The second-order valence-corrected chi connectivity index (χ2v) is 4.53. The normalized spacial score (nSPS) is 11.1. The molecule has 0 aromatic carbocycles. The van der Waals surface area contributed by atoms with Gasteiger partial charge >= 0.3 is 0 Å². The van der Waals surface area contributed by atoms with Gasteiger partial charge in [-0.1, -0.05) is 18.3 Å². The summed E-state index contributed by atoms with van der Waals surface area (Å²) in [6.45, 7) is 2.03. The molecule has 3 aromatic rings. The smallest absolute Gasteiger partial charge is 0.234 e. The molecule has 7 heteroatoms. The highest BCUT2D eigenvalue weighted by atomic mass is 32.1. The molecule has 0 radical (unpaired) electrons. The molecule has 0 aliphatic heterocycles. The number of aryl methyl sites for hydroxylation is 1. The topological polar surface area (TPSA) is 82.0 Å². The van der Waals surface area contributed by atoms with Gasteiger partial charge in [0.2, 0.25) is 4.96 Å². The maximum Gasteiger partial charge on any atom is 0.234 e. The lowest BCUT2D eigenvalue weighted by atomic mass is 10.3. The minimum Gasteiger partial charge on any atom is -0.397 e. The second kappa shape index (κ2) is 3.77. The first-order valence-corrected chi connectivity index (χ1v) is 6.01. The van der Waals surface area contributed by atoms with Gasteiger partial charge in [-0.15, -0.1) is 10.2 Å². The van der Waals surface area contributed by atoms with Crippen LogP contribution in [0.15, 0.2) is 18.5 Å². The van der Waals surface area contributed by atoms with E-state index in [1.54, 1.807) is 16.9 Å². The summed E-state index contributed by atoms with van der Waals surface area (Å²) in [6, 6.07) is 1.85. The Morgan fingerprint density at radius 3 is 3.00 bits per heavy atom. The number of anilines is 1. The molecule has 0 fully saturated rings. The summed E-state index contributed by atoms with van der Waals surface area (Å²) in [5, 5.41) is 13.4. The summed E-state index contributed by atoms with van der Waals surface area (Å²) in [5.74, 6) is 0.861. The van der Waals surface area contributed by atoms with Crippen molar-refractivity contribution in [3.8, 4) is 10.6 Å². The molecule has 0 atom stereocenters. The molecule has 0 aliphatic carbocycles. The van der Waals surface area contributed by atoms with Crippen LogP contribution in [-0.4, -0.2) is 24.8 Å². The van der Waals surface area contributed by atoms with E-state index >= 15 is 0 Å². The third-order valence-electron chi connectivity index (χ3n) is 2.38. The molecular formula is C10H10N6S. The van der Waals surface area contributed by atoms with Crippen molar-refractivity contribution < 1.29 is 0 Å². The van der Waals surface area contributed by atoms with Gasteiger partial charge in [0, 0.05) is 24.4 Å². The Morgan fingerprint density at radius 2 is 2.24 bits per heavy atom. The number of hydrogen-bond acceptors (Lipinski definition) is 6. The van der Waals surface area contributed by atoms with Crippen molar-refractivity contribution in [3.63, 3.8) is 0 Å². The number of nitrogen functional groups attached to an aromatic ring is 1. The molecule has 17 heavy (non-hydrogen) atoms. The Labute approximate surface area is 101 Å². The van der Waals surface area contributed by atoms with Crippen molar-refractivity contribution in [1.29, 1.82) is 0 Å². The van der Waals surface area contributed by atoms with E-state index in [0.29, 0.717) is 5.69 Å². The molecule has 0 amide bonds. The van der Waals surface area contributed by atoms with Crippen LogP contribution in [0.3, 0.4) is 0 Å². The van der Waals surface area contributed by atoms with Crippen molar-refractivity contribution in [2.24, 2.45) is 0 Å². The van der Waals surface area contributed by atoms with E-state index in [0.717, 1.165) is 27.8 Å². The maximum atomic E-state index is 5.70. The molecule has 0 saturated heterocycles. The fourth-order valence-corrected chi connectivity index (χ4v) is 2.41. The zero-order chi connectivity index (χ0) is 11.8. The lowest BCUT2D eigenvalue weighted by molar-refractivity contribution is 0.838. The summed E-state index contributed by atoms with van der Waals surface area (Å²) in [5.41, 5.74) is 7.24. The Bertz CT molecular complexity index is 670. The molecular weight excluding hydrogens is 236 g/mol. The van der Waals surface area contributed by atoms with E-state index in [1.807, 2.05) is 13.0 Å². The van der Waals surface area contributed by atoms with E-state index < -0.39 is 0 Å². The SMILES string of the molecule is CCc1nnc2sc(-c3cncc(N)c3)nn12. The van der Waals surface area contributed by atoms with Gasteiger partial charge in [0.15, 0.2) is 5.82 Å². The lowest BCUT2D eigenvalue weighted by Crippen LogP contribution is -1.94. The number of rotatable bonds is 2. The van der Waals surface area contributed by atoms with Gasteiger partial charge in [-0.05, 0) is 6.07 Å². The molecule has 0 bridgehead atoms. The zero-order valence-electron chi connectivity index (χ0n) is 9.16. The Hall–Kier alpha value is -2.02. The van der Waals surface area contributed by atoms with Gasteiger partial charge in [-0.3, -0.25) is 4.98 Å². The summed E-state index contributed by atoms with van der Waals surface area (Å²) in [7, 11) is 0. The van der Waals surface area contributed by atoms with Crippen LogP contribution in [0.4, 0.5) is 5.69 Å². The van der Waals surface area contributed by atoms with Crippen molar-refractivity contribution >= 4 is 22.0 Å². The number of aromatic nitrogens is 5. The number of nitrogens with two attached hydrogens (primary N) is 1. The first-order valence-electron chi connectivity index (χ1n) is 5.20. The Balaban J connectivity index is 2.15. The predicted molar refractivity (Wildman–Crippen MR) is 65.7 cm³/mol. The fourth-order valence-electron chi connectivity index (χ4n) is 1.57. The van der Waals surface area contributed by atoms with Gasteiger partial charge in [-0.25, -0.2) is 0 Å². The van der Waals surface area contributed by atoms with E-state index in [4.69, 9.17) is 5.73 Å². The molecule has 2 N–H and O–H groups in total. The maximum absolute atomic E-state index is 5.70. The van der Waals surface area contributed by atoms with Crippen molar-refractivity contribution in [2.75, 3.05) is 5.73 Å². The van der Waals surface area contributed by atoms with Crippen LogP contribution in [0.1, 0.15) is 12.7 Å². The highest BCUT2D eigenvalue weighted by Crippen LogP contribution is 2.25. The quantitative estimate of drug-likeness (QED) is 0.739. The highest BCUT2D eigenvalue weighted by molar-refractivity contribution is 7.19. The molecule has 86 valence electrons. The van der Waals surface area contributed by atoms with E-state index in [2.05, 4.69) is 20.3 Å². The van der Waals surface area contributed by atoms with Crippen LogP contribution in [-0.2, 0) is 6.42 Å². The summed E-state index contributed by atoms with van der Waals surface area (Å²) in [6.07, 6.45) is 4.16. The average molecular weight is 246 g/mol. The molecule has 3 rings (SSSR count). The van der Waals surface area contributed by atoms with Crippen molar-refractivity contribution in [1.82, 2.24) is 24.8 Å². The molecule has 3 heterocycles. The largest absolute Gasteiger partial charge is 0.397 e. The Morgan fingerprint density at radius 1 is 1.35 bits per heavy atom. The number of pyridine rings is 1. The molecule has 0 saturated carbocycles. The van der Waals surface area contributed by atoms with Crippen LogP contribution >= 0.6 is 11.3 Å². The number of nitrogens with zero attached hydrogens (tertiary/aromatic N) is 5. The van der Waals surface area contributed by atoms with Gasteiger partial charge in [0.05, 0.1) is 5.69 Å². The van der Waals surface area contributed by atoms with Gasteiger partial charge in [0.1, 0.15) is 5.01 Å². The third kappa shape index (κ3) is 1.64. The van der Waals surface area contributed by atoms with Crippen LogP contribution in [0, 0.1) is 0 Å². The van der Waals surface area contributed by atoms with Crippen LogP contribution in [0.25, 0.3) is 15.5 Å². The summed E-state index contributed by atoms with van der Waals surface area (Å²) in [4.78, 5) is 4.85. The van der Waals surface area contributed by atoms with E-state index in [1.165, 1.54) is 11.3 Å². The van der Waals surface area contributed by atoms with E-state index in [-0.39, 0.29) is 0 Å². The molecule has 6 nitrogen and oxygen atoms in total. The Kier molecular flexibility index (Phi) is 2.25. The highest BCUT2D eigenvalue weighted by Gasteiger charge is 2.11. The van der Waals surface area contributed by atoms with Crippen LogP contribution < -0.4 is 5.73 Å². The summed E-state index contributed by atoms with van der Waals surface area (Å²) < 4.78 is 1.77.